The normalized spacial score (nSPS) is 26.8. The van der Waals surface area contributed by atoms with E-state index in [1.165, 1.54) is 25.7 Å². The van der Waals surface area contributed by atoms with Crippen LogP contribution in [-0.4, -0.2) is 23.3 Å². The second-order valence-electron chi connectivity index (χ2n) is 5.24. The Morgan fingerprint density at radius 2 is 1.94 bits per heavy atom. The quantitative estimate of drug-likeness (QED) is 0.873. The largest absolute Gasteiger partial charge is 0.406 e. The number of hydrogen-bond acceptors (Lipinski definition) is 5. The van der Waals surface area contributed by atoms with Gasteiger partial charge >= 0.3 is 6.01 Å². The van der Waals surface area contributed by atoms with Gasteiger partial charge in [0.1, 0.15) is 0 Å². The standard InChI is InChI=1S/C12H22N4O/c1-8-4-6-10(7-5-8)16(3)12-15-14-11(17-12)9(2)13/h8-10H,4-7,13H2,1-3H3. The number of aromatic nitrogens is 2. The van der Waals surface area contributed by atoms with Crippen LogP contribution in [0.15, 0.2) is 4.42 Å². The highest BCUT2D eigenvalue weighted by atomic mass is 16.4. The van der Waals surface area contributed by atoms with Gasteiger partial charge < -0.3 is 15.1 Å². The Hall–Kier alpha value is -1.10. The van der Waals surface area contributed by atoms with E-state index in [-0.39, 0.29) is 6.04 Å². The van der Waals surface area contributed by atoms with E-state index >= 15 is 0 Å². The van der Waals surface area contributed by atoms with E-state index in [0.717, 1.165) is 5.92 Å². The molecule has 1 unspecified atom stereocenters. The molecule has 0 saturated heterocycles. The third-order valence-electron chi connectivity index (χ3n) is 3.65. The molecule has 1 aromatic heterocycles. The van der Waals surface area contributed by atoms with Crippen molar-refractivity contribution in [3.8, 4) is 0 Å². The molecule has 1 saturated carbocycles. The van der Waals surface area contributed by atoms with Crippen LogP contribution in [0.4, 0.5) is 6.01 Å². The molecule has 1 heterocycles. The third kappa shape index (κ3) is 2.77. The smallest absolute Gasteiger partial charge is 0.318 e. The summed E-state index contributed by atoms with van der Waals surface area (Å²) in [5, 5.41) is 8.02. The molecule has 1 atom stereocenters. The maximum Gasteiger partial charge on any atom is 0.318 e. The topological polar surface area (TPSA) is 68.2 Å². The second kappa shape index (κ2) is 5.04. The van der Waals surface area contributed by atoms with Crippen LogP contribution in [0.3, 0.4) is 0 Å². The van der Waals surface area contributed by atoms with Crippen LogP contribution < -0.4 is 10.6 Å². The first-order valence-corrected chi connectivity index (χ1v) is 6.39. The molecule has 0 aliphatic heterocycles. The Morgan fingerprint density at radius 3 is 2.47 bits per heavy atom. The third-order valence-corrected chi connectivity index (χ3v) is 3.65. The van der Waals surface area contributed by atoms with Crippen LogP contribution in [-0.2, 0) is 0 Å². The maximum atomic E-state index is 5.71. The number of anilines is 1. The van der Waals surface area contributed by atoms with Crippen molar-refractivity contribution in [1.29, 1.82) is 0 Å². The monoisotopic (exact) mass is 238 g/mol. The maximum absolute atomic E-state index is 5.71. The molecule has 0 spiro atoms. The summed E-state index contributed by atoms with van der Waals surface area (Å²) in [7, 11) is 2.03. The molecule has 96 valence electrons. The van der Waals surface area contributed by atoms with Crippen molar-refractivity contribution in [2.45, 2.75) is 51.6 Å². The van der Waals surface area contributed by atoms with E-state index in [4.69, 9.17) is 10.2 Å². The van der Waals surface area contributed by atoms with Gasteiger partial charge in [-0.25, -0.2) is 0 Å². The molecule has 0 aromatic carbocycles. The van der Waals surface area contributed by atoms with Crippen molar-refractivity contribution in [2.75, 3.05) is 11.9 Å². The van der Waals surface area contributed by atoms with Gasteiger partial charge in [0, 0.05) is 13.1 Å². The van der Waals surface area contributed by atoms with Gasteiger partial charge in [-0.05, 0) is 38.5 Å². The van der Waals surface area contributed by atoms with Crippen molar-refractivity contribution in [3.63, 3.8) is 0 Å². The summed E-state index contributed by atoms with van der Waals surface area (Å²) in [5.74, 6) is 1.36. The summed E-state index contributed by atoms with van der Waals surface area (Å²) >= 11 is 0. The molecule has 1 aromatic rings. The van der Waals surface area contributed by atoms with Crippen molar-refractivity contribution < 1.29 is 4.42 Å². The molecule has 1 aliphatic rings. The number of hydrogen-bond donors (Lipinski definition) is 1. The molecule has 0 radical (unpaired) electrons. The number of nitrogens with two attached hydrogens (primary N) is 1. The predicted octanol–water partition coefficient (Wildman–Crippen LogP) is 2.10. The lowest BCUT2D eigenvalue weighted by atomic mass is 9.87. The summed E-state index contributed by atoms with van der Waals surface area (Å²) in [6.07, 6.45) is 4.97. The number of rotatable bonds is 3. The molecule has 2 N–H and O–H groups in total. The first-order valence-electron chi connectivity index (χ1n) is 6.39. The van der Waals surface area contributed by atoms with Gasteiger partial charge in [-0.1, -0.05) is 12.0 Å². The second-order valence-corrected chi connectivity index (χ2v) is 5.24. The SMILES string of the molecule is CC1CCC(N(C)c2nnc(C(C)N)o2)CC1. The molecule has 0 bridgehead atoms. The molecular weight excluding hydrogens is 216 g/mol. The van der Waals surface area contributed by atoms with Gasteiger partial charge in [-0.15, -0.1) is 5.10 Å². The molecule has 0 amide bonds. The van der Waals surface area contributed by atoms with Crippen LogP contribution in [0.25, 0.3) is 0 Å². The van der Waals surface area contributed by atoms with Gasteiger partial charge in [0.15, 0.2) is 0 Å². The van der Waals surface area contributed by atoms with Crippen LogP contribution >= 0.6 is 0 Å². The van der Waals surface area contributed by atoms with Crippen LogP contribution in [0, 0.1) is 5.92 Å². The van der Waals surface area contributed by atoms with E-state index in [0.29, 0.717) is 17.9 Å². The zero-order chi connectivity index (χ0) is 12.4. The lowest BCUT2D eigenvalue weighted by Gasteiger charge is -2.32. The zero-order valence-corrected chi connectivity index (χ0v) is 10.9. The van der Waals surface area contributed by atoms with Gasteiger partial charge in [0.05, 0.1) is 6.04 Å². The Kier molecular flexibility index (Phi) is 3.66. The number of nitrogens with zero attached hydrogens (tertiary/aromatic N) is 3. The summed E-state index contributed by atoms with van der Waals surface area (Å²) in [6.45, 7) is 4.16. The zero-order valence-electron chi connectivity index (χ0n) is 10.9. The average molecular weight is 238 g/mol. The highest BCUT2D eigenvalue weighted by Crippen LogP contribution is 2.29. The summed E-state index contributed by atoms with van der Waals surface area (Å²) < 4.78 is 5.57. The minimum atomic E-state index is -0.198. The molecule has 5 heteroatoms. The summed E-state index contributed by atoms with van der Waals surface area (Å²) in [4.78, 5) is 2.10. The average Bonchev–Trinajstić information content (AvgIpc) is 2.78. The van der Waals surface area contributed by atoms with Crippen molar-refractivity contribution in [3.05, 3.63) is 5.89 Å². The lowest BCUT2D eigenvalue weighted by molar-refractivity contribution is 0.329. The van der Waals surface area contributed by atoms with Gasteiger partial charge in [0.2, 0.25) is 5.89 Å². The van der Waals surface area contributed by atoms with Crippen LogP contribution in [0.2, 0.25) is 0 Å². The first-order chi connectivity index (χ1) is 8.08. The Balaban J connectivity index is 2.01. The Bertz CT molecular complexity index is 355. The Labute approximate surface area is 102 Å². The molecule has 1 aliphatic carbocycles. The van der Waals surface area contributed by atoms with E-state index in [1.807, 2.05) is 14.0 Å². The highest BCUT2D eigenvalue weighted by Gasteiger charge is 2.25. The lowest BCUT2D eigenvalue weighted by Crippen LogP contribution is -2.35. The molecule has 1 fully saturated rings. The molecule has 5 nitrogen and oxygen atoms in total. The minimum absolute atomic E-state index is 0.198. The van der Waals surface area contributed by atoms with E-state index in [2.05, 4.69) is 22.0 Å². The molecule has 17 heavy (non-hydrogen) atoms. The minimum Gasteiger partial charge on any atom is -0.406 e. The summed E-state index contributed by atoms with van der Waals surface area (Å²) in [6, 6.07) is 0.917. The predicted molar refractivity (Wildman–Crippen MR) is 66.7 cm³/mol. The van der Waals surface area contributed by atoms with Crippen molar-refractivity contribution in [2.24, 2.45) is 11.7 Å². The fraction of sp³-hybridized carbons (Fsp3) is 0.833. The first kappa shape index (κ1) is 12.4. The van der Waals surface area contributed by atoms with E-state index in [1.54, 1.807) is 0 Å². The summed E-state index contributed by atoms with van der Waals surface area (Å²) in [5.41, 5.74) is 5.71. The molecular formula is C12H22N4O. The van der Waals surface area contributed by atoms with Gasteiger partial charge in [-0.2, -0.15) is 0 Å². The fourth-order valence-electron chi connectivity index (χ4n) is 2.34. The van der Waals surface area contributed by atoms with Crippen molar-refractivity contribution >= 4 is 6.01 Å². The van der Waals surface area contributed by atoms with Crippen LogP contribution in [0.1, 0.15) is 51.5 Å². The molecule has 2 rings (SSSR count). The van der Waals surface area contributed by atoms with Crippen molar-refractivity contribution in [1.82, 2.24) is 10.2 Å². The van der Waals surface area contributed by atoms with E-state index < -0.39 is 0 Å². The fourth-order valence-corrected chi connectivity index (χ4v) is 2.34. The van der Waals surface area contributed by atoms with E-state index in [9.17, 15) is 0 Å². The Morgan fingerprint density at radius 1 is 1.29 bits per heavy atom. The van der Waals surface area contributed by atoms with Gasteiger partial charge in [-0.3, -0.25) is 0 Å². The van der Waals surface area contributed by atoms with Crippen LogP contribution in [0.5, 0.6) is 0 Å². The highest BCUT2D eigenvalue weighted by molar-refractivity contribution is 5.25. The van der Waals surface area contributed by atoms with Gasteiger partial charge in [0.25, 0.3) is 0 Å².